The number of fused-ring (bicyclic) bond motifs is 1. The van der Waals surface area contributed by atoms with Crippen molar-refractivity contribution in [3.8, 4) is 0 Å². The van der Waals surface area contributed by atoms with Crippen LogP contribution in [0.3, 0.4) is 0 Å². The van der Waals surface area contributed by atoms with Crippen molar-refractivity contribution in [2.24, 2.45) is 11.8 Å². The molecule has 2 aliphatic rings. The van der Waals surface area contributed by atoms with Crippen LogP contribution in [0.25, 0.3) is 0 Å². The van der Waals surface area contributed by atoms with Crippen molar-refractivity contribution in [2.75, 3.05) is 19.6 Å². The van der Waals surface area contributed by atoms with Crippen molar-refractivity contribution in [1.82, 2.24) is 19.6 Å². The summed E-state index contributed by atoms with van der Waals surface area (Å²) in [6, 6.07) is 3.34. The Morgan fingerprint density at radius 1 is 1.26 bits per heavy atom. The molecular weight excluding hydrogens is 344 g/mol. The zero-order valence-corrected chi connectivity index (χ0v) is 16.6. The second-order valence-corrected chi connectivity index (χ2v) is 8.23. The standard InChI is InChI=1S/C20H30N4O3/c1-14(2)8-11-23-17-9-10-22(12-16(17)5-7-18(23)25)20(27)13-24-19(26)6-4-15(3)21-24/h4,6,14,16-17H,5,7-13H2,1-3H3/t16-,17+/m0/s1. The molecule has 0 bridgehead atoms. The topological polar surface area (TPSA) is 75.5 Å². The average molecular weight is 374 g/mol. The Labute approximate surface area is 160 Å². The monoisotopic (exact) mass is 374 g/mol. The number of amides is 2. The van der Waals surface area contributed by atoms with E-state index in [2.05, 4.69) is 23.8 Å². The maximum atomic E-state index is 12.7. The van der Waals surface area contributed by atoms with Crippen LogP contribution in [-0.2, 0) is 16.1 Å². The van der Waals surface area contributed by atoms with Crippen molar-refractivity contribution in [3.05, 3.63) is 28.2 Å². The van der Waals surface area contributed by atoms with Gasteiger partial charge in [0.2, 0.25) is 11.8 Å². The molecule has 0 unspecified atom stereocenters. The molecule has 7 nitrogen and oxygen atoms in total. The molecule has 2 saturated heterocycles. The molecule has 1 aromatic rings. The molecule has 0 N–H and O–H groups in total. The number of aryl methyl sites for hydroxylation is 1. The summed E-state index contributed by atoms with van der Waals surface area (Å²) in [7, 11) is 0. The maximum Gasteiger partial charge on any atom is 0.267 e. The highest BCUT2D eigenvalue weighted by molar-refractivity contribution is 5.78. The Kier molecular flexibility index (Phi) is 5.97. The highest BCUT2D eigenvalue weighted by Crippen LogP contribution is 2.31. The molecule has 7 heteroatoms. The van der Waals surface area contributed by atoms with Gasteiger partial charge in [0, 0.05) is 38.2 Å². The summed E-state index contributed by atoms with van der Waals surface area (Å²) >= 11 is 0. The minimum Gasteiger partial charge on any atom is -0.341 e. The van der Waals surface area contributed by atoms with E-state index in [1.807, 2.05) is 4.90 Å². The largest absolute Gasteiger partial charge is 0.341 e. The van der Waals surface area contributed by atoms with E-state index in [1.165, 1.54) is 10.7 Å². The van der Waals surface area contributed by atoms with Gasteiger partial charge in [-0.1, -0.05) is 13.8 Å². The van der Waals surface area contributed by atoms with Gasteiger partial charge in [0.05, 0.1) is 5.69 Å². The van der Waals surface area contributed by atoms with Crippen LogP contribution in [0.2, 0.25) is 0 Å². The molecule has 0 radical (unpaired) electrons. The summed E-state index contributed by atoms with van der Waals surface area (Å²) in [5.41, 5.74) is 0.458. The van der Waals surface area contributed by atoms with Crippen LogP contribution >= 0.6 is 0 Å². The van der Waals surface area contributed by atoms with Crippen LogP contribution in [-0.4, -0.2) is 57.1 Å². The lowest BCUT2D eigenvalue weighted by Gasteiger charge is -2.47. The summed E-state index contributed by atoms with van der Waals surface area (Å²) < 4.78 is 1.24. The van der Waals surface area contributed by atoms with Crippen LogP contribution in [0.5, 0.6) is 0 Å². The number of likely N-dealkylation sites (tertiary alicyclic amines) is 2. The lowest BCUT2D eigenvalue weighted by molar-refractivity contribution is -0.144. The number of hydrogen-bond acceptors (Lipinski definition) is 4. The molecule has 0 spiro atoms. The van der Waals surface area contributed by atoms with E-state index in [4.69, 9.17) is 0 Å². The van der Waals surface area contributed by atoms with Gasteiger partial charge in [0.15, 0.2) is 0 Å². The SMILES string of the molecule is Cc1ccc(=O)n(CC(=O)N2CC[C@@H]3[C@@H](CCC(=O)N3CCC(C)C)C2)n1. The van der Waals surface area contributed by atoms with Gasteiger partial charge in [-0.2, -0.15) is 5.10 Å². The molecule has 2 amide bonds. The average Bonchev–Trinajstić information content (AvgIpc) is 2.63. The third-order valence-corrected chi connectivity index (χ3v) is 5.73. The van der Waals surface area contributed by atoms with E-state index >= 15 is 0 Å². The first-order valence-electron chi connectivity index (χ1n) is 9.97. The van der Waals surface area contributed by atoms with Crippen LogP contribution in [0, 0.1) is 18.8 Å². The molecule has 2 aliphatic heterocycles. The number of piperidine rings is 2. The minimum atomic E-state index is -0.257. The van der Waals surface area contributed by atoms with Crippen LogP contribution in [0.1, 0.15) is 45.2 Å². The van der Waals surface area contributed by atoms with Gasteiger partial charge in [0.25, 0.3) is 5.56 Å². The molecule has 148 valence electrons. The van der Waals surface area contributed by atoms with E-state index in [0.717, 1.165) is 25.8 Å². The quantitative estimate of drug-likeness (QED) is 0.781. The van der Waals surface area contributed by atoms with Gasteiger partial charge in [-0.15, -0.1) is 0 Å². The maximum absolute atomic E-state index is 12.7. The van der Waals surface area contributed by atoms with E-state index in [1.54, 1.807) is 13.0 Å². The van der Waals surface area contributed by atoms with E-state index in [9.17, 15) is 14.4 Å². The first-order valence-corrected chi connectivity index (χ1v) is 9.97. The molecule has 0 saturated carbocycles. The van der Waals surface area contributed by atoms with Crippen molar-refractivity contribution >= 4 is 11.8 Å². The fraction of sp³-hybridized carbons (Fsp3) is 0.700. The predicted molar refractivity (Wildman–Crippen MR) is 102 cm³/mol. The predicted octanol–water partition coefficient (Wildman–Crippen LogP) is 1.44. The molecule has 2 fully saturated rings. The summed E-state index contributed by atoms with van der Waals surface area (Å²) in [5.74, 6) is 1.08. The molecule has 0 aliphatic carbocycles. The Hall–Kier alpha value is -2.18. The fourth-order valence-electron chi connectivity index (χ4n) is 4.16. The number of hydrogen-bond donors (Lipinski definition) is 0. The first-order chi connectivity index (χ1) is 12.8. The number of aromatic nitrogens is 2. The van der Waals surface area contributed by atoms with Gasteiger partial charge >= 0.3 is 0 Å². The number of rotatable bonds is 5. The minimum absolute atomic E-state index is 0.0199. The molecule has 0 aromatic carbocycles. The molecule has 2 atom stereocenters. The Balaban J connectivity index is 1.63. The molecule has 27 heavy (non-hydrogen) atoms. The Morgan fingerprint density at radius 2 is 2.04 bits per heavy atom. The van der Waals surface area contributed by atoms with Gasteiger partial charge in [-0.05, 0) is 44.1 Å². The highest BCUT2D eigenvalue weighted by Gasteiger charge is 2.40. The van der Waals surface area contributed by atoms with E-state index in [-0.39, 0.29) is 30.0 Å². The fourth-order valence-corrected chi connectivity index (χ4v) is 4.16. The lowest BCUT2D eigenvalue weighted by Crippen LogP contribution is -2.57. The number of nitrogens with zero attached hydrogens (tertiary/aromatic N) is 4. The molecule has 1 aromatic heterocycles. The highest BCUT2D eigenvalue weighted by atomic mass is 16.2. The van der Waals surface area contributed by atoms with Crippen molar-refractivity contribution < 1.29 is 9.59 Å². The van der Waals surface area contributed by atoms with Gasteiger partial charge in [0.1, 0.15) is 6.54 Å². The summed E-state index contributed by atoms with van der Waals surface area (Å²) in [6.07, 6.45) is 3.24. The summed E-state index contributed by atoms with van der Waals surface area (Å²) in [4.78, 5) is 40.9. The van der Waals surface area contributed by atoms with Crippen LogP contribution in [0.15, 0.2) is 16.9 Å². The van der Waals surface area contributed by atoms with Gasteiger partial charge in [-0.25, -0.2) is 4.68 Å². The summed E-state index contributed by atoms with van der Waals surface area (Å²) in [5, 5.41) is 4.16. The Bertz CT molecular complexity index is 758. The zero-order chi connectivity index (χ0) is 19.6. The van der Waals surface area contributed by atoms with E-state index in [0.29, 0.717) is 37.0 Å². The molecular formula is C20H30N4O3. The first kappa shape index (κ1) is 19.6. The number of carbonyl (C=O) groups is 2. The van der Waals surface area contributed by atoms with Crippen molar-refractivity contribution in [2.45, 2.75) is 59.0 Å². The molecule has 3 heterocycles. The Morgan fingerprint density at radius 3 is 2.78 bits per heavy atom. The van der Waals surface area contributed by atoms with Crippen molar-refractivity contribution in [3.63, 3.8) is 0 Å². The second kappa shape index (κ2) is 8.23. The zero-order valence-electron chi connectivity index (χ0n) is 16.6. The molecule has 3 rings (SSSR count). The van der Waals surface area contributed by atoms with Gasteiger partial charge in [-0.3, -0.25) is 14.4 Å². The van der Waals surface area contributed by atoms with Gasteiger partial charge < -0.3 is 9.80 Å². The lowest BCUT2D eigenvalue weighted by atomic mass is 9.83. The van der Waals surface area contributed by atoms with Crippen LogP contribution < -0.4 is 5.56 Å². The van der Waals surface area contributed by atoms with E-state index < -0.39 is 0 Å². The normalized spacial score (nSPS) is 22.9. The number of carbonyl (C=O) groups excluding carboxylic acids is 2. The van der Waals surface area contributed by atoms with Crippen LogP contribution in [0.4, 0.5) is 0 Å². The summed E-state index contributed by atoms with van der Waals surface area (Å²) in [6.45, 7) is 8.24. The van der Waals surface area contributed by atoms with Crippen molar-refractivity contribution in [1.29, 1.82) is 0 Å². The smallest absolute Gasteiger partial charge is 0.267 e. The third-order valence-electron chi connectivity index (χ3n) is 5.73. The third kappa shape index (κ3) is 4.57. The second-order valence-electron chi connectivity index (χ2n) is 8.23.